The van der Waals surface area contributed by atoms with Crippen molar-refractivity contribution < 1.29 is 13.2 Å². The average molecular weight is 302 g/mol. The topological polar surface area (TPSA) is 15.3 Å². The Hall–Kier alpha value is -1.07. The Labute approximate surface area is 125 Å². The van der Waals surface area contributed by atoms with Crippen LogP contribution >= 0.6 is 0 Å². The first-order chi connectivity index (χ1) is 9.93. The molecule has 2 nitrogen and oxygen atoms in total. The summed E-state index contributed by atoms with van der Waals surface area (Å²) in [5.74, 6) is 0. The Balaban J connectivity index is 2.95. The lowest BCUT2D eigenvalue weighted by Gasteiger charge is -2.25. The molecule has 0 heterocycles. The predicted molar refractivity (Wildman–Crippen MR) is 80.3 cm³/mol. The lowest BCUT2D eigenvalue weighted by atomic mass is 9.97. The number of benzene rings is 1. The molecule has 1 atom stereocenters. The standard InChI is InChI=1S/C16H25F3N2/c1-4-20-15(11-12-21(5-2)6-3)13-9-7-8-10-14(13)16(17,18)19/h7-10,15,20H,4-6,11-12H2,1-3H3. The Kier molecular flexibility index (Phi) is 7.18. The molecule has 0 bridgehead atoms. The van der Waals surface area contributed by atoms with Crippen LogP contribution in [0.1, 0.15) is 44.4 Å². The molecule has 1 N–H and O–H groups in total. The molecule has 0 fully saturated rings. The number of alkyl halides is 3. The quantitative estimate of drug-likeness (QED) is 0.778. The SMILES string of the molecule is CCNC(CCN(CC)CC)c1ccccc1C(F)(F)F. The van der Waals surface area contributed by atoms with Gasteiger partial charge in [-0.1, -0.05) is 39.0 Å². The van der Waals surface area contributed by atoms with Crippen LogP contribution in [0.3, 0.4) is 0 Å². The molecule has 21 heavy (non-hydrogen) atoms. The third kappa shape index (κ3) is 5.32. The molecular weight excluding hydrogens is 277 g/mol. The van der Waals surface area contributed by atoms with Crippen LogP contribution < -0.4 is 5.32 Å². The van der Waals surface area contributed by atoms with Gasteiger partial charge < -0.3 is 10.2 Å². The number of hydrogen-bond acceptors (Lipinski definition) is 2. The zero-order chi connectivity index (χ0) is 15.9. The van der Waals surface area contributed by atoms with Crippen molar-refractivity contribution in [3.63, 3.8) is 0 Å². The molecule has 0 amide bonds. The number of rotatable bonds is 8. The van der Waals surface area contributed by atoms with Crippen molar-refractivity contribution in [1.29, 1.82) is 0 Å². The van der Waals surface area contributed by atoms with Crippen molar-refractivity contribution in [3.05, 3.63) is 35.4 Å². The molecule has 0 aliphatic carbocycles. The van der Waals surface area contributed by atoms with E-state index in [1.807, 2.05) is 6.92 Å². The molecule has 0 radical (unpaired) electrons. The van der Waals surface area contributed by atoms with Crippen LogP contribution in [0, 0.1) is 0 Å². The van der Waals surface area contributed by atoms with Gasteiger partial charge in [0, 0.05) is 6.04 Å². The first-order valence-corrected chi connectivity index (χ1v) is 7.55. The molecule has 0 aliphatic heterocycles. The van der Waals surface area contributed by atoms with Gasteiger partial charge in [0.15, 0.2) is 0 Å². The maximum absolute atomic E-state index is 13.1. The Morgan fingerprint density at radius 1 is 1.10 bits per heavy atom. The summed E-state index contributed by atoms with van der Waals surface area (Å²) in [6.45, 7) is 9.31. The van der Waals surface area contributed by atoms with Crippen molar-refractivity contribution in [1.82, 2.24) is 10.2 Å². The molecule has 120 valence electrons. The molecule has 5 heteroatoms. The van der Waals surface area contributed by atoms with E-state index >= 15 is 0 Å². The Bertz CT molecular complexity index is 414. The third-order valence-electron chi connectivity index (χ3n) is 3.72. The maximum Gasteiger partial charge on any atom is 0.416 e. The van der Waals surface area contributed by atoms with Gasteiger partial charge in [-0.15, -0.1) is 0 Å². The van der Waals surface area contributed by atoms with Gasteiger partial charge >= 0.3 is 6.18 Å². The number of hydrogen-bond donors (Lipinski definition) is 1. The minimum absolute atomic E-state index is 0.270. The molecule has 1 aromatic rings. The molecule has 0 aliphatic rings. The van der Waals surface area contributed by atoms with Crippen LogP contribution in [0.4, 0.5) is 13.2 Å². The minimum Gasteiger partial charge on any atom is -0.310 e. The van der Waals surface area contributed by atoms with Gasteiger partial charge in [0.25, 0.3) is 0 Å². The smallest absolute Gasteiger partial charge is 0.310 e. The molecule has 0 aromatic heterocycles. The fraction of sp³-hybridized carbons (Fsp3) is 0.625. The van der Waals surface area contributed by atoms with E-state index in [1.165, 1.54) is 6.07 Å². The molecule has 1 rings (SSSR count). The zero-order valence-electron chi connectivity index (χ0n) is 13.0. The second kappa shape index (κ2) is 8.39. The van der Waals surface area contributed by atoms with Crippen molar-refractivity contribution in [2.75, 3.05) is 26.2 Å². The normalized spacial score (nSPS) is 13.7. The van der Waals surface area contributed by atoms with E-state index in [9.17, 15) is 13.2 Å². The summed E-state index contributed by atoms with van der Waals surface area (Å²) in [5, 5.41) is 3.19. The van der Waals surface area contributed by atoms with Gasteiger partial charge in [-0.25, -0.2) is 0 Å². The summed E-state index contributed by atoms with van der Waals surface area (Å²) in [5.41, 5.74) is -0.186. The van der Waals surface area contributed by atoms with E-state index in [2.05, 4.69) is 24.1 Å². The van der Waals surface area contributed by atoms with E-state index in [4.69, 9.17) is 0 Å². The number of halogens is 3. The van der Waals surface area contributed by atoms with Crippen molar-refractivity contribution in [3.8, 4) is 0 Å². The Morgan fingerprint density at radius 3 is 2.24 bits per heavy atom. The van der Waals surface area contributed by atoms with Gasteiger partial charge in [-0.3, -0.25) is 0 Å². The van der Waals surface area contributed by atoms with E-state index < -0.39 is 11.7 Å². The van der Waals surface area contributed by atoms with Gasteiger partial charge in [-0.2, -0.15) is 13.2 Å². The maximum atomic E-state index is 13.1. The summed E-state index contributed by atoms with van der Waals surface area (Å²) in [6, 6.07) is 5.59. The lowest BCUT2D eigenvalue weighted by molar-refractivity contribution is -0.138. The number of nitrogens with zero attached hydrogens (tertiary/aromatic N) is 1. The minimum atomic E-state index is -4.31. The third-order valence-corrected chi connectivity index (χ3v) is 3.72. The van der Waals surface area contributed by atoms with E-state index in [0.717, 1.165) is 25.7 Å². The highest BCUT2D eigenvalue weighted by Gasteiger charge is 2.34. The Morgan fingerprint density at radius 2 is 1.71 bits per heavy atom. The lowest BCUT2D eigenvalue weighted by Crippen LogP contribution is -2.30. The monoisotopic (exact) mass is 302 g/mol. The first kappa shape index (κ1) is 18.0. The van der Waals surface area contributed by atoms with Gasteiger partial charge in [0.1, 0.15) is 0 Å². The average Bonchev–Trinajstić information content (AvgIpc) is 2.46. The molecule has 0 saturated heterocycles. The van der Waals surface area contributed by atoms with E-state index in [0.29, 0.717) is 18.5 Å². The van der Waals surface area contributed by atoms with Gasteiger partial charge in [0.05, 0.1) is 5.56 Å². The van der Waals surface area contributed by atoms with Gasteiger partial charge in [-0.05, 0) is 44.2 Å². The van der Waals surface area contributed by atoms with E-state index in [-0.39, 0.29) is 6.04 Å². The summed E-state index contributed by atoms with van der Waals surface area (Å²) < 4.78 is 39.4. The van der Waals surface area contributed by atoms with Crippen LogP contribution in [0.2, 0.25) is 0 Å². The van der Waals surface area contributed by atoms with Crippen LogP contribution in [0.25, 0.3) is 0 Å². The number of nitrogens with one attached hydrogen (secondary N) is 1. The summed E-state index contributed by atoms with van der Waals surface area (Å²) in [7, 11) is 0. The molecular formula is C16H25F3N2. The zero-order valence-corrected chi connectivity index (χ0v) is 13.0. The fourth-order valence-corrected chi connectivity index (χ4v) is 2.52. The largest absolute Gasteiger partial charge is 0.416 e. The summed E-state index contributed by atoms with van der Waals surface area (Å²) >= 11 is 0. The van der Waals surface area contributed by atoms with Crippen molar-refractivity contribution in [2.45, 2.75) is 39.4 Å². The summed E-state index contributed by atoms with van der Waals surface area (Å²) in [4.78, 5) is 2.22. The first-order valence-electron chi connectivity index (χ1n) is 7.55. The fourth-order valence-electron chi connectivity index (χ4n) is 2.52. The van der Waals surface area contributed by atoms with Crippen LogP contribution in [0.15, 0.2) is 24.3 Å². The summed E-state index contributed by atoms with van der Waals surface area (Å²) in [6.07, 6.45) is -3.64. The van der Waals surface area contributed by atoms with Gasteiger partial charge in [0.2, 0.25) is 0 Å². The van der Waals surface area contributed by atoms with Crippen LogP contribution in [-0.4, -0.2) is 31.1 Å². The molecule has 0 saturated carbocycles. The molecule has 1 unspecified atom stereocenters. The molecule has 1 aromatic carbocycles. The van der Waals surface area contributed by atoms with E-state index in [1.54, 1.807) is 12.1 Å². The highest BCUT2D eigenvalue weighted by Crippen LogP contribution is 2.35. The van der Waals surface area contributed by atoms with Crippen LogP contribution in [0.5, 0.6) is 0 Å². The highest BCUT2D eigenvalue weighted by molar-refractivity contribution is 5.32. The molecule has 0 spiro atoms. The highest BCUT2D eigenvalue weighted by atomic mass is 19.4. The van der Waals surface area contributed by atoms with Crippen molar-refractivity contribution >= 4 is 0 Å². The predicted octanol–water partition coefficient (Wildman–Crippen LogP) is 4.09. The van der Waals surface area contributed by atoms with Crippen LogP contribution in [-0.2, 0) is 6.18 Å². The second-order valence-electron chi connectivity index (χ2n) is 5.01. The van der Waals surface area contributed by atoms with Crippen molar-refractivity contribution in [2.24, 2.45) is 0 Å². The second-order valence-corrected chi connectivity index (χ2v) is 5.01.